The third-order valence-electron chi connectivity index (χ3n) is 6.00. The molecule has 27 heavy (non-hydrogen) atoms. The molecule has 1 aromatic heterocycles. The first-order valence-corrected chi connectivity index (χ1v) is 9.40. The lowest BCUT2D eigenvalue weighted by Crippen LogP contribution is -2.49. The van der Waals surface area contributed by atoms with Gasteiger partial charge in [-0.1, -0.05) is 41.9 Å². The van der Waals surface area contributed by atoms with Crippen molar-refractivity contribution < 1.29 is 14.3 Å². The molecule has 0 N–H and O–H groups in total. The number of rotatable bonds is 2. The Morgan fingerprint density at radius 2 is 2.11 bits per heavy atom. The highest BCUT2D eigenvalue weighted by Crippen LogP contribution is 2.51. The molecule has 0 bridgehead atoms. The lowest BCUT2D eigenvalue weighted by atomic mass is 10.0. The molecule has 3 fully saturated rings. The van der Waals surface area contributed by atoms with Crippen LogP contribution in [0, 0.1) is 0 Å². The van der Waals surface area contributed by atoms with E-state index in [9.17, 15) is 9.59 Å². The van der Waals surface area contributed by atoms with Gasteiger partial charge in [-0.05, 0) is 5.56 Å². The lowest BCUT2D eigenvalue weighted by Gasteiger charge is -2.33. The van der Waals surface area contributed by atoms with Gasteiger partial charge in [-0.3, -0.25) is 14.3 Å². The monoisotopic (exact) mass is 386 g/mol. The predicted octanol–water partition coefficient (Wildman–Crippen LogP) is 1.99. The van der Waals surface area contributed by atoms with Crippen LogP contribution < -0.4 is 0 Å². The number of likely N-dealkylation sites (tertiary alicyclic amines) is 1. The summed E-state index contributed by atoms with van der Waals surface area (Å²) in [5, 5.41) is 4.37. The number of hydrogen-bond donors (Lipinski definition) is 0. The van der Waals surface area contributed by atoms with Gasteiger partial charge >= 0.3 is 0 Å². The first-order valence-electron chi connectivity index (χ1n) is 9.02. The Labute approximate surface area is 161 Å². The van der Waals surface area contributed by atoms with E-state index in [1.165, 1.54) is 10.9 Å². The molecule has 4 heterocycles. The topological polar surface area (TPSA) is 67.7 Å². The summed E-state index contributed by atoms with van der Waals surface area (Å²) in [4.78, 5) is 29.6. The summed E-state index contributed by atoms with van der Waals surface area (Å²) < 4.78 is 7.72. The normalized spacial score (nSPS) is 29.3. The number of carbonyl (C=O) groups excluding carboxylic acids is 2. The molecule has 1 spiro atoms. The van der Waals surface area contributed by atoms with Crippen LogP contribution in [0.4, 0.5) is 0 Å². The molecular formula is C19H19ClN4O3. The smallest absolute Gasteiger partial charge is 0.274 e. The molecule has 3 aliphatic heterocycles. The molecule has 7 nitrogen and oxygen atoms in total. The van der Waals surface area contributed by atoms with Crippen molar-refractivity contribution in [1.82, 2.24) is 19.6 Å². The fraction of sp³-hybridized carbons (Fsp3) is 0.421. The van der Waals surface area contributed by atoms with Gasteiger partial charge in [-0.25, -0.2) is 0 Å². The zero-order valence-electron chi connectivity index (χ0n) is 14.8. The summed E-state index contributed by atoms with van der Waals surface area (Å²) >= 11 is 6.16. The van der Waals surface area contributed by atoms with E-state index in [2.05, 4.69) is 5.10 Å². The summed E-state index contributed by atoms with van der Waals surface area (Å²) in [7, 11) is 1.69. The number of aryl methyl sites for hydroxylation is 1. The quantitative estimate of drug-likeness (QED) is 0.791. The summed E-state index contributed by atoms with van der Waals surface area (Å²) in [5.74, 6) is -0.178. The molecule has 2 amide bonds. The molecule has 0 radical (unpaired) electrons. The zero-order valence-corrected chi connectivity index (χ0v) is 15.6. The maximum atomic E-state index is 13.1. The average Bonchev–Trinajstić information content (AvgIpc) is 3.37. The van der Waals surface area contributed by atoms with E-state index in [1.54, 1.807) is 11.9 Å². The second-order valence-corrected chi connectivity index (χ2v) is 7.69. The minimum Gasteiger partial charge on any atom is -0.351 e. The van der Waals surface area contributed by atoms with Gasteiger partial charge in [0.25, 0.3) is 5.91 Å². The fourth-order valence-electron chi connectivity index (χ4n) is 4.80. The van der Waals surface area contributed by atoms with Crippen molar-refractivity contribution in [2.45, 2.75) is 30.7 Å². The maximum Gasteiger partial charge on any atom is 0.274 e. The number of hydrogen-bond acceptors (Lipinski definition) is 4. The van der Waals surface area contributed by atoms with E-state index in [0.29, 0.717) is 30.3 Å². The third kappa shape index (κ3) is 2.21. The SMILES string of the molecule is Cn1ncc(Cl)c1C(=O)N1CC[C@@]23OC[C@@H](c4ccccc4)N2C(=O)C[C@@H]13. The Morgan fingerprint density at radius 3 is 2.81 bits per heavy atom. The average molecular weight is 387 g/mol. The van der Waals surface area contributed by atoms with Crippen molar-refractivity contribution >= 4 is 23.4 Å². The van der Waals surface area contributed by atoms with E-state index in [0.717, 1.165) is 5.56 Å². The van der Waals surface area contributed by atoms with Gasteiger partial charge in [0, 0.05) is 20.0 Å². The number of halogens is 1. The van der Waals surface area contributed by atoms with Gasteiger partial charge in [-0.15, -0.1) is 0 Å². The number of benzene rings is 1. The molecule has 0 unspecified atom stereocenters. The van der Waals surface area contributed by atoms with Crippen LogP contribution in [0.25, 0.3) is 0 Å². The summed E-state index contributed by atoms with van der Waals surface area (Å²) in [6.45, 7) is 0.969. The molecule has 3 aliphatic rings. The Kier molecular flexibility index (Phi) is 3.61. The van der Waals surface area contributed by atoms with E-state index >= 15 is 0 Å². The van der Waals surface area contributed by atoms with Crippen LogP contribution in [-0.2, 0) is 16.6 Å². The van der Waals surface area contributed by atoms with Crippen LogP contribution in [0.5, 0.6) is 0 Å². The molecule has 0 saturated carbocycles. The third-order valence-corrected chi connectivity index (χ3v) is 6.27. The highest BCUT2D eigenvalue weighted by molar-refractivity contribution is 6.33. The zero-order chi connectivity index (χ0) is 18.8. The van der Waals surface area contributed by atoms with Gasteiger partial charge in [0.2, 0.25) is 5.91 Å². The van der Waals surface area contributed by atoms with Crippen LogP contribution in [0.2, 0.25) is 5.02 Å². The first-order chi connectivity index (χ1) is 13.0. The predicted molar refractivity (Wildman–Crippen MR) is 97.0 cm³/mol. The highest BCUT2D eigenvalue weighted by Gasteiger charge is 2.65. The highest BCUT2D eigenvalue weighted by atomic mass is 35.5. The van der Waals surface area contributed by atoms with E-state index in [4.69, 9.17) is 16.3 Å². The van der Waals surface area contributed by atoms with E-state index in [1.807, 2.05) is 35.2 Å². The fourth-order valence-corrected chi connectivity index (χ4v) is 5.04. The number of amides is 2. The molecule has 5 rings (SSSR count). The van der Waals surface area contributed by atoms with E-state index < -0.39 is 5.72 Å². The molecule has 3 saturated heterocycles. The lowest BCUT2D eigenvalue weighted by molar-refractivity contribution is -0.138. The number of carbonyl (C=O) groups is 2. The maximum absolute atomic E-state index is 13.1. The summed E-state index contributed by atoms with van der Waals surface area (Å²) in [6.07, 6.45) is 2.34. The van der Waals surface area contributed by atoms with Crippen LogP contribution in [0.3, 0.4) is 0 Å². The number of ether oxygens (including phenoxy) is 1. The largest absolute Gasteiger partial charge is 0.351 e. The summed E-state index contributed by atoms with van der Waals surface area (Å²) in [5.41, 5.74) is 0.665. The van der Waals surface area contributed by atoms with Crippen molar-refractivity contribution in [2.24, 2.45) is 7.05 Å². The minimum absolute atomic E-state index is 0.0277. The second kappa shape index (κ2) is 5.81. The Hall–Kier alpha value is -2.38. The van der Waals surface area contributed by atoms with Crippen molar-refractivity contribution in [3.63, 3.8) is 0 Å². The van der Waals surface area contributed by atoms with Gasteiger partial charge < -0.3 is 14.5 Å². The molecule has 1 aromatic carbocycles. The van der Waals surface area contributed by atoms with Gasteiger partial charge in [0.05, 0.1) is 36.3 Å². The second-order valence-electron chi connectivity index (χ2n) is 7.28. The van der Waals surface area contributed by atoms with Crippen LogP contribution in [-0.4, -0.2) is 56.3 Å². The van der Waals surface area contributed by atoms with Gasteiger partial charge in [0.15, 0.2) is 5.72 Å². The molecule has 3 atom stereocenters. The number of aromatic nitrogens is 2. The van der Waals surface area contributed by atoms with Crippen molar-refractivity contribution in [1.29, 1.82) is 0 Å². The molecule has 0 aliphatic carbocycles. The van der Waals surface area contributed by atoms with Crippen LogP contribution in [0.15, 0.2) is 36.5 Å². The van der Waals surface area contributed by atoms with E-state index in [-0.39, 0.29) is 30.3 Å². The van der Waals surface area contributed by atoms with Crippen molar-refractivity contribution in [3.8, 4) is 0 Å². The molecule has 2 aromatic rings. The Balaban J connectivity index is 1.49. The van der Waals surface area contributed by atoms with Crippen LogP contribution in [0.1, 0.15) is 34.9 Å². The van der Waals surface area contributed by atoms with Gasteiger partial charge in [-0.2, -0.15) is 5.10 Å². The molecular weight excluding hydrogens is 368 g/mol. The van der Waals surface area contributed by atoms with Crippen molar-refractivity contribution in [2.75, 3.05) is 13.2 Å². The standard InChI is InChI=1S/C19H19ClN4O3/c1-22-17(13(20)10-21-22)18(26)23-8-7-19-15(23)9-16(25)24(19)14(11-27-19)12-5-3-2-4-6-12/h2-6,10,14-15H,7-9,11H2,1H3/t14-,15+,19-/m0/s1. The molecule has 140 valence electrons. The molecule has 8 heteroatoms. The first kappa shape index (κ1) is 16.8. The summed E-state index contributed by atoms with van der Waals surface area (Å²) in [6, 6.07) is 9.50. The number of nitrogens with zero attached hydrogens (tertiary/aromatic N) is 4. The Bertz CT molecular complexity index is 911. The van der Waals surface area contributed by atoms with Crippen molar-refractivity contribution in [3.05, 3.63) is 52.8 Å². The minimum atomic E-state index is -0.738. The van der Waals surface area contributed by atoms with Crippen LogP contribution >= 0.6 is 11.6 Å². The Morgan fingerprint density at radius 1 is 1.33 bits per heavy atom. The van der Waals surface area contributed by atoms with Gasteiger partial charge in [0.1, 0.15) is 5.69 Å².